The second-order valence-corrected chi connectivity index (χ2v) is 7.30. The number of methoxy groups -OCH3 is 1. The highest BCUT2D eigenvalue weighted by Crippen LogP contribution is 2.48. The Kier molecular flexibility index (Phi) is 3.99. The van der Waals surface area contributed by atoms with E-state index in [9.17, 15) is 9.90 Å². The molecule has 2 fully saturated rings. The fourth-order valence-corrected chi connectivity index (χ4v) is 4.60. The van der Waals surface area contributed by atoms with Crippen LogP contribution < -0.4 is 4.74 Å². The Hall–Kier alpha value is -2.41. The second kappa shape index (κ2) is 6.09. The number of hydrogen-bond donors (Lipinski definition) is 1. The molecule has 2 saturated heterocycles. The molecule has 1 amide bonds. The topological polar surface area (TPSA) is 88.7 Å². The first-order valence-electron chi connectivity index (χ1n) is 8.92. The van der Waals surface area contributed by atoms with Gasteiger partial charge in [0.1, 0.15) is 11.3 Å². The average Bonchev–Trinajstić information content (AvgIpc) is 3.11. The van der Waals surface area contributed by atoms with Crippen LogP contribution in [0.4, 0.5) is 0 Å². The highest BCUT2D eigenvalue weighted by Gasteiger charge is 2.51. The van der Waals surface area contributed by atoms with Crippen molar-refractivity contribution in [3.05, 3.63) is 40.9 Å². The lowest BCUT2D eigenvalue weighted by atomic mass is 9.80. The van der Waals surface area contributed by atoms with E-state index in [2.05, 4.69) is 10.1 Å². The van der Waals surface area contributed by atoms with Crippen molar-refractivity contribution >= 4 is 5.91 Å². The van der Waals surface area contributed by atoms with Crippen molar-refractivity contribution in [2.45, 2.75) is 57.2 Å². The highest BCUT2D eigenvalue weighted by atomic mass is 16.5. The third-order valence-electron chi connectivity index (χ3n) is 5.71. The van der Waals surface area contributed by atoms with Crippen LogP contribution in [0.2, 0.25) is 0 Å². The summed E-state index contributed by atoms with van der Waals surface area (Å²) in [6.07, 6.45) is 4.35. The molecule has 2 aromatic rings. The van der Waals surface area contributed by atoms with E-state index in [1.165, 1.54) is 0 Å². The largest absolute Gasteiger partial charge is 0.481 e. The molecule has 2 aliphatic rings. The zero-order valence-corrected chi connectivity index (χ0v) is 15.2. The van der Waals surface area contributed by atoms with Gasteiger partial charge in [0.25, 0.3) is 5.91 Å². The molecule has 4 rings (SSSR count). The third kappa shape index (κ3) is 2.49. The predicted octanol–water partition coefficient (Wildman–Crippen LogP) is 2.35. The van der Waals surface area contributed by atoms with E-state index in [1.54, 1.807) is 33.2 Å². The molecule has 3 atom stereocenters. The summed E-state index contributed by atoms with van der Waals surface area (Å²) in [5.41, 5.74) is 0.817. The molecule has 0 aliphatic carbocycles. The van der Waals surface area contributed by atoms with Crippen LogP contribution in [0.1, 0.15) is 53.1 Å². The van der Waals surface area contributed by atoms with Gasteiger partial charge in [-0.05, 0) is 38.8 Å². The molecule has 7 heteroatoms. The number of fused-ring (bicyclic) bond motifs is 2. The molecular formula is C19H23N3O4. The van der Waals surface area contributed by atoms with Crippen LogP contribution in [0.5, 0.6) is 5.88 Å². The lowest BCUT2D eigenvalue weighted by Gasteiger charge is -2.44. The molecule has 0 radical (unpaired) electrons. The van der Waals surface area contributed by atoms with Gasteiger partial charge in [-0.25, -0.2) is 4.98 Å². The first-order chi connectivity index (χ1) is 12.4. The smallest absolute Gasteiger partial charge is 0.259 e. The second-order valence-electron chi connectivity index (χ2n) is 7.30. The van der Waals surface area contributed by atoms with E-state index in [-0.39, 0.29) is 18.0 Å². The molecule has 0 spiro atoms. The van der Waals surface area contributed by atoms with Crippen LogP contribution in [0, 0.1) is 13.8 Å². The molecule has 2 aliphatic heterocycles. The van der Waals surface area contributed by atoms with E-state index in [0.29, 0.717) is 41.3 Å². The Balaban J connectivity index is 1.65. The fraction of sp³-hybridized carbons (Fsp3) is 0.526. The van der Waals surface area contributed by atoms with Gasteiger partial charge in [0.15, 0.2) is 0 Å². The Morgan fingerprint density at radius 1 is 1.35 bits per heavy atom. The van der Waals surface area contributed by atoms with E-state index < -0.39 is 5.60 Å². The number of amides is 1. The number of ether oxygens (including phenoxy) is 1. The Morgan fingerprint density at radius 2 is 2.04 bits per heavy atom. The van der Waals surface area contributed by atoms with Crippen molar-refractivity contribution in [3.8, 4) is 5.88 Å². The van der Waals surface area contributed by atoms with Gasteiger partial charge in [0.2, 0.25) is 5.88 Å². The van der Waals surface area contributed by atoms with Crippen LogP contribution in [0.25, 0.3) is 0 Å². The summed E-state index contributed by atoms with van der Waals surface area (Å²) < 4.78 is 10.5. The number of piperidine rings is 1. The zero-order valence-electron chi connectivity index (χ0n) is 15.2. The quantitative estimate of drug-likeness (QED) is 0.907. The van der Waals surface area contributed by atoms with Gasteiger partial charge >= 0.3 is 0 Å². The van der Waals surface area contributed by atoms with E-state index in [0.717, 1.165) is 12.8 Å². The Labute approximate surface area is 152 Å². The number of rotatable bonds is 3. The summed E-state index contributed by atoms with van der Waals surface area (Å²) >= 11 is 0. The van der Waals surface area contributed by atoms with Gasteiger partial charge in [-0.3, -0.25) is 4.79 Å². The number of aliphatic hydroxyl groups is 1. The van der Waals surface area contributed by atoms with Crippen molar-refractivity contribution < 1.29 is 19.2 Å². The van der Waals surface area contributed by atoms with Crippen LogP contribution in [0.15, 0.2) is 22.9 Å². The van der Waals surface area contributed by atoms with Gasteiger partial charge in [-0.2, -0.15) is 0 Å². The van der Waals surface area contributed by atoms with E-state index >= 15 is 0 Å². The van der Waals surface area contributed by atoms with Crippen molar-refractivity contribution in [3.63, 3.8) is 0 Å². The monoisotopic (exact) mass is 357 g/mol. The number of carbonyl (C=O) groups excluding carboxylic acids is 1. The van der Waals surface area contributed by atoms with Gasteiger partial charge in [-0.1, -0.05) is 5.16 Å². The first-order valence-corrected chi connectivity index (χ1v) is 8.92. The molecule has 0 aromatic carbocycles. The molecule has 1 unspecified atom stereocenters. The summed E-state index contributed by atoms with van der Waals surface area (Å²) in [5, 5.41) is 15.3. The molecule has 26 heavy (non-hydrogen) atoms. The van der Waals surface area contributed by atoms with Crippen LogP contribution in [-0.2, 0) is 5.60 Å². The zero-order chi connectivity index (χ0) is 18.5. The summed E-state index contributed by atoms with van der Waals surface area (Å²) in [6, 6.07) is 3.62. The maximum absolute atomic E-state index is 13.1. The lowest BCUT2D eigenvalue weighted by molar-refractivity contribution is -0.0494. The first kappa shape index (κ1) is 17.0. The summed E-state index contributed by atoms with van der Waals surface area (Å²) in [7, 11) is 1.56. The Bertz CT molecular complexity index is 814. The molecule has 1 N–H and O–H groups in total. The number of hydrogen-bond acceptors (Lipinski definition) is 6. The van der Waals surface area contributed by atoms with Crippen molar-refractivity contribution in [1.29, 1.82) is 0 Å². The van der Waals surface area contributed by atoms with Crippen molar-refractivity contribution in [2.24, 2.45) is 0 Å². The molecule has 2 bridgehead atoms. The average molecular weight is 357 g/mol. The van der Waals surface area contributed by atoms with Gasteiger partial charge in [0.05, 0.1) is 18.4 Å². The van der Waals surface area contributed by atoms with Gasteiger partial charge in [0, 0.05) is 36.7 Å². The van der Waals surface area contributed by atoms with E-state index in [4.69, 9.17) is 9.26 Å². The third-order valence-corrected chi connectivity index (χ3v) is 5.71. The van der Waals surface area contributed by atoms with Crippen LogP contribution in [0.3, 0.4) is 0 Å². The lowest BCUT2D eigenvalue weighted by Crippen LogP contribution is -2.52. The van der Waals surface area contributed by atoms with Gasteiger partial charge in [-0.15, -0.1) is 0 Å². The minimum atomic E-state index is -1.04. The summed E-state index contributed by atoms with van der Waals surface area (Å²) in [4.78, 5) is 19.3. The predicted molar refractivity (Wildman–Crippen MR) is 92.9 cm³/mol. The highest BCUT2D eigenvalue weighted by molar-refractivity contribution is 5.96. The normalized spacial score (nSPS) is 27.6. The summed E-state index contributed by atoms with van der Waals surface area (Å²) in [5.74, 6) is 0.940. The molecule has 2 aromatic heterocycles. The number of nitrogens with zero attached hydrogens (tertiary/aromatic N) is 3. The van der Waals surface area contributed by atoms with Crippen LogP contribution >= 0.6 is 0 Å². The summed E-state index contributed by atoms with van der Waals surface area (Å²) in [6.45, 7) is 3.54. The molecule has 7 nitrogen and oxygen atoms in total. The number of aromatic nitrogens is 2. The van der Waals surface area contributed by atoms with Crippen LogP contribution in [-0.4, -0.2) is 45.2 Å². The maximum atomic E-state index is 13.1. The number of aryl methyl sites for hydroxylation is 2. The standard InChI is InChI=1S/C19H23N3O4/c1-11-16(12(2)26-21-11)18(23)22-13-6-7-14(22)10-19(24,9-13)15-5-4-8-20-17(15)25-3/h4-5,8,13-14,24H,6-7,9-10H2,1-3H3/t13-,14+,19?. The molecule has 0 saturated carbocycles. The molecular weight excluding hydrogens is 334 g/mol. The van der Waals surface area contributed by atoms with E-state index in [1.807, 2.05) is 11.0 Å². The maximum Gasteiger partial charge on any atom is 0.259 e. The molecule has 4 heterocycles. The minimum Gasteiger partial charge on any atom is -0.481 e. The Morgan fingerprint density at radius 3 is 2.62 bits per heavy atom. The SMILES string of the molecule is COc1ncccc1C1(O)C[C@H]2CC[C@@H](C1)N2C(=O)c1c(C)noc1C. The molecule has 138 valence electrons. The minimum absolute atomic E-state index is 0.0233. The fourth-order valence-electron chi connectivity index (χ4n) is 4.60. The van der Waals surface area contributed by atoms with Gasteiger partial charge < -0.3 is 19.3 Å². The van der Waals surface area contributed by atoms with Crippen molar-refractivity contribution in [2.75, 3.05) is 7.11 Å². The number of carbonyl (C=O) groups is 1. The number of pyridine rings is 1. The van der Waals surface area contributed by atoms with Crippen molar-refractivity contribution in [1.82, 2.24) is 15.0 Å².